The molecule has 0 aromatic carbocycles. The zero-order chi connectivity index (χ0) is 6.24. The fourth-order valence-electron chi connectivity index (χ4n) is 0.318. The molecule has 0 saturated heterocycles. The first kappa shape index (κ1) is 8.06. The predicted octanol–water partition coefficient (Wildman–Crippen LogP) is 3.27. The molecule has 46 valence electrons. The highest BCUT2D eigenvalue weighted by molar-refractivity contribution is 6.25. The van der Waals surface area contributed by atoms with E-state index in [0.717, 1.165) is 12.8 Å². The zero-order valence-corrected chi connectivity index (χ0v) is 5.99. The highest BCUT2D eigenvalue weighted by Crippen LogP contribution is 1.94. The first-order valence-corrected chi connectivity index (χ1v) is 3.29. The lowest BCUT2D eigenvalue weighted by Gasteiger charge is -1.79. The van der Waals surface area contributed by atoms with Gasteiger partial charge < -0.3 is 0 Å². The maximum absolute atomic E-state index is 5.24. The van der Waals surface area contributed by atoms with Crippen molar-refractivity contribution in [2.24, 2.45) is 0 Å². The van der Waals surface area contributed by atoms with Gasteiger partial charge in [-0.3, -0.25) is 0 Å². The van der Waals surface area contributed by atoms with Gasteiger partial charge in [-0.05, 0) is 12.8 Å². The summed E-state index contributed by atoms with van der Waals surface area (Å²) in [5, 5.41) is 0. The van der Waals surface area contributed by atoms with Crippen LogP contribution in [0, 0.1) is 0 Å². The highest BCUT2D eigenvalue weighted by Gasteiger charge is 1.71. The van der Waals surface area contributed by atoms with Gasteiger partial charge >= 0.3 is 0 Å². The lowest BCUT2D eigenvalue weighted by molar-refractivity contribution is 1.06. The first-order chi connectivity index (χ1) is 3.91. The van der Waals surface area contributed by atoms with Gasteiger partial charge in [0, 0.05) is 11.1 Å². The summed E-state index contributed by atoms with van der Waals surface area (Å²) in [4.78, 5) is 0. The molecule has 0 nitrogen and oxygen atoms in total. The minimum Gasteiger partial charge on any atom is -0.0933 e. The molecule has 0 aliphatic heterocycles. The lowest BCUT2D eigenvalue weighted by atomic mass is 10.3. The normalized spacial score (nSPS) is 11.8. The topological polar surface area (TPSA) is 0 Å². The Labute approximate surface area is 59.8 Å². The van der Waals surface area contributed by atoms with E-state index < -0.39 is 0 Å². The Bertz CT molecular complexity index is 72.5. The molecule has 0 aliphatic carbocycles. The van der Waals surface area contributed by atoms with Crippen LogP contribution in [0.5, 0.6) is 0 Å². The van der Waals surface area contributed by atoms with Gasteiger partial charge in [0.1, 0.15) is 0 Å². The Hall–Kier alpha value is 0.0600. The Morgan fingerprint density at radius 1 is 0.875 bits per heavy atom. The van der Waals surface area contributed by atoms with Gasteiger partial charge in [-0.2, -0.15) is 0 Å². The molecular formula is C6H8Cl2. The number of allylic oxidation sites excluding steroid dienone is 2. The predicted molar refractivity (Wildman–Crippen MR) is 39.2 cm³/mol. The Kier molecular flexibility index (Phi) is 7.11. The van der Waals surface area contributed by atoms with E-state index in [1.165, 1.54) is 11.1 Å². The second-order valence-electron chi connectivity index (χ2n) is 1.30. The van der Waals surface area contributed by atoms with Gasteiger partial charge in [0.2, 0.25) is 0 Å². The van der Waals surface area contributed by atoms with Gasteiger partial charge in [0.05, 0.1) is 0 Å². The zero-order valence-electron chi connectivity index (χ0n) is 4.48. The number of halogens is 2. The molecule has 0 amide bonds. The number of hydrogen-bond acceptors (Lipinski definition) is 0. The molecule has 8 heavy (non-hydrogen) atoms. The van der Waals surface area contributed by atoms with Crippen LogP contribution in [-0.4, -0.2) is 0 Å². The van der Waals surface area contributed by atoms with Crippen LogP contribution in [0.3, 0.4) is 0 Å². The minimum atomic E-state index is 0.965. The van der Waals surface area contributed by atoms with Gasteiger partial charge in [-0.25, -0.2) is 0 Å². The molecule has 0 unspecified atom stereocenters. The van der Waals surface area contributed by atoms with Gasteiger partial charge in [-0.1, -0.05) is 35.4 Å². The second-order valence-corrected chi connectivity index (χ2v) is 1.80. The second kappa shape index (κ2) is 7.06. The molecule has 0 heterocycles. The van der Waals surface area contributed by atoms with Crippen LogP contribution in [0.25, 0.3) is 0 Å². The Morgan fingerprint density at radius 2 is 1.25 bits per heavy atom. The first-order valence-electron chi connectivity index (χ1n) is 2.42. The Morgan fingerprint density at radius 3 is 1.50 bits per heavy atom. The smallest absolute Gasteiger partial charge is 0.000256 e. The summed E-state index contributed by atoms with van der Waals surface area (Å²) in [6, 6.07) is 0. The van der Waals surface area contributed by atoms with Crippen molar-refractivity contribution in [3.63, 3.8) is 0 Å². The maximum atomic E-state index is 5.24. The van der Waals surface area contributed by atoms with Gasteiger partial charge in [0.25, 0.3) is 0 Å². The molecule has 0 fully saturated rings. The van der Waals surface area contributed by atoms with Crippen LogP contribution in [0.4, 0.5) is 0 Å². The molecule has 0 spiro atoms. The standard InChI is InChI=1S/C6H8Cl2/c7-5-3-1-2-4-6-8/h3-6H,1-2H2/b5-3+,6-4+. The van der Waals surface area contributed by atoms with E-state index in [1.54, 1.807) is 0 Å². The summed E-state index contributed by atoms with van der Waals surface area (Å²) in [5.41, 5.74) is 3.03. The number of rotatable bonds is 3. The van der Waals surface area contributed by atoms with E-state index in [1.807, 2.05) is 12.2 Å². The quantitative estimate of drug-likeness (QED) is 0.543. The highest BCUT2D eigenvalue weighted by atomic mass is 35.5. The van der Waals surface area contributed by atoms with E-state index in [9.17, 15) is 0 Å². The van der Waals surface area contributed by atoms with E-state index in [-0.39, 0.29) is 0 Å². The average Bonchev–Trinajstić information content (AvgIpc) is 1.81. The molecule has 0 atom stereocenters. The summed E-state index contributed by atoms with van der Waals surface area (Å²) in [7, 11) is 0. The molecule has 0 bridgehead atoms. The fraction of sp³-hybridized carbons (Fsp3) is 0.333. The summed E-state index contributed by atoms with van der Waals surface area (Å²) in [6.45, 7) is 0. The van der Waals surface area contributed by atoms with Crippen molar-refractivity contribution < 1.29 is 0 Å². The molecular weight excluding hydrogens is 143 g/mol. The van der Waals surface area contributed by atoms with Gasteiger partial charge in [-0.15, -0.1) is 0 Å². The number of hydrogen-bond donors (Lipinski definition) is 0. The third-order valence-electron chi connectivity index (χ3n) is 0.678. The van der Waals surface area contributed by atoms with Crippen molar-refractivity contribution in [1.82, 2.24) is 0 Å². The van der Waals surface area contributed by atoms with Crippen LogP contribution in [0.2, 0.25) is 0 Å². The SMILES string of the molecule is Cl/C=C/CC/C=C/Cl. The third-order valence-corrected chi connectivity index (χ3v) is 1.03. The van der Waals surface area contributed by atoms with Crippen LogP contribution in [-0.2, 0) is 0 Å². The molecule has 0 rings (SSSR count). The summed E-state index contributed by atoms with van der Waals surface area (Å²) in [6.07, 6.45) is 5.70. The Balaban J connectivity index is 2.93. The molecule has 0 aliphatic rings. The summed E-state index contributed by atoms with van der Waals surface area (Å²) < 4.78 is 0. The van der Waals surface area contributed by atoms with Crippen LogP contribution < -0.4 is 0 Å². The molecule has 2 heteroatoms. The van der Waals surface area contributed by atoms with Crippen LogP contribution >= 0.6 is 23.2 Å². The van der Waals surface area contributed by atoms with E-state index in [4.69, 9.17) is 23.2 Å². The van der Waals surface area contributed by atoms with Crippen molar-refractivity contribution >= 4 is 23.2 Å². The van der Waals surface area contributed by atoms with Crippen molar-refractivity contribution in [2.45, 2.75) is 12.8 Å². The maximum Gasteiger partial charge on any atom is 0.000256 e. The number of unbranched alkanes of at least 4 members (excludes halogenated alkanes) is 1. The van der Waals surface area contributed by atoms with Crippen molar-refractivity contribution in [2.75, 3.05) is 0 Å². The average molecular weight is 151 g/mol. The van der Waals surface area contributed by atoms with Crippen molar-refractivity contribution in [1.29, 1.82) is 0 Å². The van der Waals surface area contributed by atoms with E-state index in [2.05, 4.69) is 0 Å². The molecule has 0 saturated carbocycles. The summed E-state index contributed by atoms with van der Waals surface area (Å²) in [5.74, 6) is 0. The minimum absolute atomic E-state index is 0.965. The third kappa shape index (κ3) is 6.06. The lowest BCUT2D eigenvalue weighted by Crippen LogP contribution is -1.59. The molecule has 0 aromatic heterocycles. The van der Waals surface area contributed by atoms with Crippen molar-refractivity contribution in [3.05, 3.63) is 23.2 Å². The van der Waals surface area contributed by atoms with E-state index >= 15 is 0 Å². The van der Waals surface area contributed by atoms with E-state index in [0.29, 0.717) is 0 Å². The van der Waals surface area contributed by atoms with Crippen molar-refractivity contribution in [3.8, 4) is 0 Å². The monoisotopic (exact) mass is 150 g/mol. The summed E-state index contributed by atoms with van der Waals surface area (Å²) >= 11 is 10.5. The van der Waals surface area contributed by atoms with Gasteiger partial charge in [0.15, 0.2) is 0 Å². The molecule has 0 aromatic rings. The van der Waals surface area contributed by atoms with Crippen LogP contribution in [0.1, 0.15) is 12.8 Å². The largest absolute Gasteiger partial charge is 0.0933 e. The molecule has 0 N–H and O–H groups in total. The molecule has 0 radical (unpaired) electrons. The van der Waals surface area contributed by atoms with Crippen LogP contribution in [0.15, 0.2) is 23.2 Å². The fourth-order valence-corrected chi connectivity index (χ4v) is 0.570.